The Morgan fingerprint density at radius 1 is 0.933 bits per heavy atom. The van der Waals surface area contributed by atoms with Gasteiger partial charge in [-0.2, -0.15) is 8.78 Å². The minimum atomic E-state index is -3.24. The van der Waals surface area contributed by atoms with Gasteiger partial charge >= 0.3 is 6.61 Å². The lowest BCUT2D eigenvalue weighted by atomic mass is 9.68. The molecule has 30 heavy (non-hydrogen) atoms. The molecule has 2 aliphatic rings. The fraction of sp³-hybridized carbons (Fsp3) is 0.680. The first-order valence-electron chi connectivity index (χ1n) is 11.5. The van der Waals surface area contributed by atoms with Gasteiger partial charge in [0.2, 0.25) is 0 Å². The molecular formula is C25H34F4O. The van der Waals surface area contributed by atoms with Gasteiger partial charge in [0.1, 0.15) is 0 Å². The maximum atomic E-state index is 14.1. The Labute approximate surface area is 177 Å². The molecule has 2 fully saturated rings. The van der Waals surface area contributed by atoms with Crippen molar-refractivity contribution in [2.45, 2.75) is 90.1 Å². The summed E-state index contributed by atoms with van der Waals surface area (Å²) in [5.74, 6) is -0.601. The molecule has 2 aliphatic carbocycles. The van der Waals surface area contributed by atoms with E-state index in [0.29, 0.717) is 11.5 Å². The maximum Gasteiger partial charge on any atom is 0.387 e. The van der Waals surface area contributed by atoms with Gasteiger partial charge in [-0.15, -0.1) is 0 Å². The molecule has 1 nitrogen and oxygen atoms in total. The molecule has 0 atom stereocenters. The highest BCUT2D eigenvalue weighted by Crippen LogP contribution is 2.45. The number of unbranched alkanes of at least 4 members (excludes halogenated alkanes) is 1. The summed E-state index contributed by atoms with van der Waals surface area (Å²) in [6, 6.07) is 2.34. The summed E-state index contributed by atoms with van der Waals surface area (Å²) in [5, 5.41) is 0. The molecule has 2 saturated carbocycles. The Balaban J connectivity index is 1.46. The van der Waals surface area contributed by atoms with Crippen LogP contribution < -0.4 is 4.74 Å². The van der Waals surface area contributed by atoms with E-state index < -0.39 is 24.0 Å². The number of hydrogen-bond donors (Lipinski definition) is 0. The molecule has 0 spiro atoms. The molecule has 0 saturated heterocycles. The Hall–Kier alpha value is -1.52. The van der Waals surface area contributed by atoms with Gasteiger partial charge in [0.25, 0.3) is 0 Å². The van der Waals surface area contributed by atoms with Crippen molar-refractivity contribution in [3.8, 4) is 5.75 Å². The molecule has 0 aromatic heterocycles. The summed E-state index contributed by atoms with van der Waals surface area (Å²) in [6.45, 7) is -1.16. The minimum Gasteiger partial charge on any atom is -0.429 e. The zero-order valence-electron chi connectivity index (χ0n) is 17.9. The molecule has 0 aliphatic heterocycles. The van der Waals surface area contributed by atoms with Crippen LogP contribution in [0.5, 0.6) is 5.75 Å². The molecule has 0 amide bonds. The molecule has 0 heterocycles. The van der Waals surface area contributed by atoms with E-state index in [1.54, 1.807) is 0 Å². The van der Waals surface area contributed by atoms with Crippen molar-refractivity contribution in [3.63, 3.8) is 0 Å². The second-order valence-electron chi connectivity index (χ2n) is 9.08. The predicted octanol–water partition coefficient (Wildman–Crippen LogP) is 8.39. The molecule has 3 rings (SSSR count). The standard InChI is InChI=1S/C25H34F4O/c1-2-3-4-5-6-17-7-9-18(10-8-17)19-11-13-20(14-12-19)21-15-22(26)24(23(27)16-21)30-25(28)29/h2-3,15-20,25H,4-14H2,1H3/b3-2+/t17-,18-,19-,20-. The van der Waals surface area contributed by atoms with Crippen LogP contribution in [0.1, 0.15) is 89.0 Å². The lowest BCUT2D eigenvalue weighted by Gasteiger charge is -2.38. The summed E-state index contributed by atoms with van der Waals surface area (Å²) in [7, 11) is 0. The second-order valence-corrected chi connectivity index (χ2v) is 9.08. The van der Waals surface area contributed by atoms with Gasteiger partial charge in [0.05, 0.1) is 0 Å². The second kappa shape index (κ2) is 11.2. The summed E-state index contributed by atoms with van der Waals surface area (Å²) < 4.78 is 56.7. The van der Waals surface area contributed by atoms with Crippen molar-refractivity contribution >= 4 is 0 Å². The highest BCUT2D eigenvalue weighted by Gasteiger charge is 2.32. The van der Waals surface area contributed by atoms with E-state index in [0.717, 1.165) is 37.5 Å². The number of benzene rings is 1. The van der Waals surface area contributed by atoms with Crippen molar-refractivity contribution in [3.05, 3.63) is 41.5 Å². The lowest BCUT2D eigenvalue weighted by Crippen LogP contribution is -2.25. The van der Waals surface area contributed by atoms with Crippen LogP contribution in [0.2, 0.25) is 0 Å². The maximum absolute atomic E-state index is 14.1. The summed E-state index contributed by atoms with van der Waals surface area (Å²) in [4.78, 5) is 0. The third-order valence-corrected chi connectivity index (χ3v) is 7.25. The van der Waals surface area contributed by atoms with Gasteiger partial charge in [-0.25, -0.2) is 8.78 Å². The van der Waals surface area contributed by atoms with E-state index in [9.17, 15) is 17.6 Å². The van der Waals surface area contributed by atoms with Gasteiger partial charge < -0.3 is 4.74 Å². The van der Waals surface area contributed by atoms with Crippen molar-refractivity contribution in [2.75, 3.05) is 0 Å². The average molecular weight is 427 g/mol. The predicted molar refractivity (Wildman–Crippen MR) is 112 cm³/mol. The zero-order valence-corrected chi connectivity index (χ0v) is 17.9. The van der Waals surface area contributed by atoms with E-state index in [1.807, 2.05) is 0 Å². The summed E-state index contributed by atoms with van der Waals surface area (Å²) in [6.07, 6.45) is 17.5. The first-order chi connectivity index (χ1) is 14.5. The summed E-state index contributed by atoms with van der Waals surface area (Å²) in [5.41, 5.74) is 0.565. The molecule has 0 radical (unpaired) electrons. The normalized spacial score (nSPS) is 27.7. The highest BCUT2D eigenvalue weighted by molar-refractivity contribution is 5.33. The van der Waals surface area contributed by atoms with Gasteiger partial charge in [-0.3, -0.25) is 0 Å². The van der Waals surface area contributed by atoms with Crippen molar-refractivity contribution in [2.24, 2.45) is 17.8 Å². The van der Waals surface area contributed by atoms with E-state index in [4.69, 9.17) is 0 Å². The van der Waals surface area contributed by atoms with Crippen molar-refractivity contribution in [1.29, 1.82) is 0 Å². The van der Waals surface area contributed by atoms with Gasteiger partial charge in [0, 0.05) is 0 Å². The third kappa shape index (κ3) is 6.24. The first kappa shape index (κ1) is 23.1. The van der Waals surface area contributed by atoms with Gasteiger partial charge in [-0.1, -0.05) is 31.4 Å². The van der Waals surface area contributed by atoms with Crippen LogP contribution in [0, 0.1) is 29.4 Å². The van der Waals surface area contributed by atoms with Crippen molar-refractivity contribution in [1.82, 2.24) is 0 Å². The largest absolute Gasteiger partial charge is 0.429 e. The fourth-order valence-corrected chi connectivity index (χ4v) is 5.58. The van der Waals surface area contributed by atoms with E-state index >= 15 is 0 Å². The number of halogens is 4. The van der Waals surface area contributed by atoms with Crippen LogP contribution in [0.3, 0.4) is 0 Å². The van der Waals surface area contributed by atoms with Crippen LogP contribution in [-0.2, 0) is 0 Å². The van der Waals surface area contributed by atoms with Gasteiger partial charge in [-0.05, 0) is 99.7 Å². The number of alkyl halides is 2. The number of hydrogen-bond acceptors (Lipinski definition) is 1. The number of allylic oxidation sites excluding steroid dienone is 2. The zero-order chi connectivity index (χ0) is 21.5. The molecule has 0 bridgehead atoms. The van der Waals surface area contributed by atoms with Crippen LogP contribution in [-0.4, -0.2) is 6.61 Å². The summed E-state index contributed by atoms with van der Waals surface area (Å²) >= 11 is 0. The molecule has 0 unspecified atom stereocenters. The quantitative estimate of drug-likeness (QED) is 0.230. The molecule has 168 valence electrons. The van der Waals surface area contributed by atoms with Crippen molar-refractivity contribution < 1.29 is 22.3 Å². The molecule has 1 aromatic carbocycles. The average Bonchev–Trinajstić information content (AvgIpc) is 2.74. The monoisotopic (exact) mass is 426 g/mol. The number of ether oxygens (including phenoxy) is 1. The van der Waals surface area contributed by atoms with Crippen LogP contribution >= 0.6 is 0 Å². The topological polar surface area (TPSA) is 9.23 Å². The Morgan fingerprint density at radius 3 is 2.03 bits per heavy atom. The fourth-order valence-electron chi connectivity index (χ4n) is 5.58. The molecule has 5 heteroatoms. The van der Waals surface area contributed by atoms with E-state index in [1.165, 1.54) is 57.1 Å². The first-order valence-corrected chi connectivity index (χ1v) is 11.5. The molecule has 0 N–H and O–H groups in total. The smallest absolute Gasteiger partial charge is 0.387 e. The number of rotatable bonds is 8. The van der Waals surface area contributed by atoms with Crippen LogP contribution in [0.4, 0.5) is 17.6 Å². The van der Waals surface area contributed by atoms with Gasteiger partial charge in [0.15, 0.2) is 17.4 Å². The molecule has 1 aromatic rings. The minimum absolute atomic E-state index is 0.0915. The SMILES string of the molecule is C/C=C/CCC[C@H]1CC[C@H]([C@H]2CC[C@H](c3cc(F)c(OC(F)F)c(F)c3)CC2)CC1. The van der Waals surface area contributed by atoms with Crippen LogP contribution in [0.15, 0.2) is 24.3 Å². The van der Waals surface area contributed by atoms with E-state index in [2.05, 4.69) is 23.8 Å². The highest BCUT2D eigenvalue weighted by atomic mass is 19.3. The Bertz CT molecular complexity index is 663. The molecular weight excluding hydrogens is 392 g/mol. The van der Waals surface area contributed by atoms with E-state index in [-0.39, 0.29) is 5.92 Å². The Morgan fingerprint density at radius 2 is 1.50 bits per heavy atom. The third-order valence-electron chi connectivity index (χ3n) is 7.25. The Kier molecular flexibility index (Phi) is 8.64. The lowest BCUT2D eigenvalue weighted by molar-refractivity contribution is -0.0546. The van der Waals surface area contributed by atoms with Crippen LogP contribution in [0.25, 0.3) is 0 Å².